The molecule has 0 bridgehead atoms. The lowest BCUT2D eigenvalue weighted by Crippen LogP contribution is -2.19. The van der Waals surface area contributed by atoms with Gasteiger partial charge in [-0.1, -0.05) is 25.7 Å². The molecular weight excluding hydrogens is 270 g/mol. The van der Waals surface area contributed by atoms with Crippen molar-refractivity contribution in [2.24, 2.45) is 11.7 Å². The fourth-order valence-corrected chi connectivity index (χ4v) is 3.95. The number of nitrogens with two attached hydrogens (primary N) is 1. The van der Waals surface area contributed by atoms with Crippen molar-refractivity contribution in [3.8, 4) is 0 Å². The van der Waals surface area contributed by atoms with Gasteiger partial charge >= 0.3 is 0 Å². The van der Waals surface area contributed by atoms with Crippen molar-refractivity contribution in [1.82, 2.24) is 0 Å². The first kappa shape index (κ1) is 11.6. The van der Waals surface area contributed by atoms with Gasteiger partial charge in [0.15, 0.2) is 0 Å². The molecule has 84 valence electrons. The summed E-state index contributed by atoms with van der Waals surface area (Å²) in [5.74, 6) is 0.707. The first-order chi connectivity index (χ1) is 7.27. The molecule has 1 nitrogen and oxygen atoms in total. The van der Waals surface area contributed by atoms with Gasteiger partial charge in [0.2, 0.25) is 0 Å². The molecule has 2 N–H and O–H groups in total. The molecule has 1 aliphatic carbocycles. The molecule has 0 radical (unpaired) electrons. The molecule has 0 amide bonds. The maximum atomic E-state index is 6.34. The molecule has 1 heterocycles. The zero-order valence-electron chi connectivity index (χ0n) is 8.92. The highest BCUT2D eigenvalue weighted by molar-refractivity contribution is 9.10. The highest BCUT2D eigenvalue weighted by Crippen LogP contribution is 2.35. The second-order valence-corrected chi connectivity index (χ2v) is 6.30. The first-order valence-corrected chi connectivity index (χ1v) is 7.44. The molecule has 1 unspecified atom stereocenters. The van der Waals surface area contributed by atoms with E-state index in [-0.39, 0.29) is 6.04 Å². The maximum Gasteiger partial charge on any atom is 0.0418 e. The van der Waals surface area contributed by atoms with E-state index in [1.54, 1.807) is 11.3 Å². The standard InChI is InChI=1S/C12H18BrNS/c13-10-7-11(15-8-10)12(14)9-5-3-1-2-4-6-9/h7-9,12H,1-6,14H2. The van der Waals surface area contributed by atoms with Gasteiger partial charge in [-0.2, -0.15) is 0 Å². The van der Waals surface area contributed by atoms with Gasteiger partial charge in [0, 0.05) is 20.8 Å². The number of rotatable bonds is 2. The molecule has 0 spiro atoms. The van der Waals surface area contributed by atoms with E-state index in [0.29, 0.717) is 5.92 Å². The molecule has 1 fully saturated rings. The lowest BCUT2D eigenvalue weighted by atomic mass is 9.91. The van der Waals surface area contributed by atoms with Gasteiger partial charge in [0.1, 0.15) is 0 Å². The average molecular weight is 288 g/mol. The highest BCUT2D eigenvalue weighted by atomic mass is 79.9. The van der Waals surface area contributed by atoms with Gasteiger partial charge in [0.25, 0.3) is 0 Å². The zero-order chi connectivity index (χ0) is 10.7. The third-order valence-electron chi connectivity index (χ3n) is 3.32. The molecule has 2 rings (SSSR count). The predicted octanol–water partition coefficient (Wildman–Crippen LogP) is 4.48. The van der Waals surface area contributed by atoms with Gasteiger partial charge in [-0.05, 0) is 40.8 Å². The molecule has 0 aliphatic heterocycles. The van der Waals surface area contributed by atoms with Crippen LogP contribution < -0.4 is 5.73 Å². The lowest BCUT2D eigenvalue weighted by Gasteiger charge is -2.20. The van der Waals surface area contributed by atoms with Crippen molar-refractivity contribution in [1.29, 1.82) is 0 Å². The second-order valence-electron chi connectivity index (χ2n) is 4.44. The Bertz CT molecular complexity index is 302. The minimum absolute atomic E-state index is 0.263. The molecule has 0 aromatic carbocycles. The van der Waals surface area contributed by atoms with Crippen LogP contribution in [0.4, 0.5) is 0 Å². The first-order valence-electron chi connectivity index (χ1n) is 5.77. The van der Waals surface area contributed by atoms with E-state index in [2.05, 4.69) is 27.4 Å². The van der Waals surface area contributed by atoms with E-state index < -0.39 is 0 Å². The van der Waals surface area contributed by atoms with Gasteiger partial charge in [-0.15, -0.1) is 11.3 Å². The second kappa shape index (κ2) is 5.46. The van der Waals surface area contributed by atoms with Crippen molar-refractivity contribution in [3.05, 3.63) is 20.8 Å². The average Bonchev–Trinajstić information content (AvgIpc) is 2.53. The summed E-state index contributed by atoms with van der Waals surface area (Å²) in [6.07, 6.45) is 8.16. The van der Waals surface area contributed by atoms with Crippen LogP contribution in [0.5, 0.6) is 0 Å². The Morgan fingerprint density at radius 3 is 2.47 bits per heavy atom. The van der Waals surface area contributed by atoms with Crippen LogP contribution in [0.1, 0.15) is 49.4 Å². The summed E-state index contributed by atoms with van der Waals surface area (Å²) in [4.78, 5) is 1.34. The van der Waals surface area contributed by atoms with Gasteiger partial charge in [-0.3, -0.25) is 0 Å². The summed E-state index contributed by atoms with van der Waals surface area (Å²) in [7, 11) is 0. The van der Waals surface area contributed by atoms with E-state index in [1.165, 1.54) is 47.9 Å². The SMILES string of the molecule is NC(c1cc(Br)cs1)C1CCCCCC1. The van der Waals surface area contributed by atoms with Crippen molar-refractivity contribution in [3.63, 3.8) is 0 Å². The van der Waals surface area contributed by atoms with Crippen LogP contribution in [0.3, 0.4) is 0 Å². The minimum atomic E-state index is 0.263. The van der Waals surface area contributed by atoms with E-state index in [1.807, 2.05) is 0 Å². The lowest BCUT2D eigenvalue weighted by molar-refractivity contribution is 0.386. The normalized spacial score (nSPS) is 21.2. The Labute approximate surface area is 104 Å². The summed E-state index contributed by atoms with van der Waals surface area (Å²) < 4.78 is 1.17. The Hall–Kier alpha value is 0.140. The van der Waals surface area contributed by atoms with Crippen molar-refractivity contribution in [2.45, 2.75) is 44.6 Å². The Balaban J connectivity index is 2.02. The summed E-state index contributed by atoms with van der Waals surface area (Å²) >= 11 is 5.28. The number of halogens is 1. The van der Waals surface area contributed by atoms with E-state index in [0.717, 1.165) is 0 Å². The Morgan fingerprint density at radius 1 is 1.27 bits per heavy atom. The van der Waals surface area contributed by atoms with Crippen LogP contribution >= 0.6 is 27.3 Å². The van der Waals surface area contributed by atoms with Crippen molar-refractivity contribution in [2.75, 3.05) is 0 Å². The van der Waals surface area contributed by atoms with E-state index in [4.69, 9.17) is 5.73 Å². The van der Waals surface area contributed by atoms with Crippen LogP contribution in [-0.4, -0.2) is 0 Å². The third-order valence-corrected chi connectivity index (χ3v) is 5.12. The van der Waals surface area contributed by atoms with Crippen LogP contribution in [0, 0.1) is 5.92 Å². The van der Waals surface area contributed by atoms with Gasteiger partial charge in [0.05, 0.1) is 0 Å². The molecule has 3 heteroatoms. The molecule has 15 heavy (non-hydrogen) atoms. The molecule has 0 saturated heterocycles. The fourth-order valence-electron chi connectivity index (χ4n) is 2.41. The monoisotopic (exact) mass is 287 g/mol. The van der Waals surface area contributed by atoms with Crippen LogP contribution in [-0.2, 0) is 0 Å². The van der Waals surface area contributed by atoms with Crippen molar-refractivity contribution < 1.29 is 0 Å². The zero-order valence-corrected chi connectivity index (χ0v) is 11.3. The molecule has 1 aromatic heterocycles. The van der Waals surface area contributed by atoms with Crippen LogP contribution in [0.25, 0.3) is 0 Å². The van der Waals surface area contributed by atoms with Gasteiger partial charge < -0.3 is 5.73 Å². The molecule has 1 atom stereocenters. The number of thiophene rings is 1. The molecule has 1 aliphatic rings. The molecular formula is C12H18BrNS. The Kier molecular flexibility index (Phi) is 4.23. The third kappa shape index (κ3) is 3.05. The predicted molar refractivity (Wildman–Crippen MR) is 70.1 cm³/mol. The number of hydrogen-bond acceptors (Lipinski definition) is 2. The summed E-state index contributed by atoms with van der Waals surface area (Å²) in [6.45, 7) is 0. The molecule has 1 aromatic rings. The van der Waals surface area contributed by atoms with Gasteiger partial charge in [-0.25, -0.2) is 0 Å². The van der Waals surface area contributed by atoms with Crippen LogP contribution in [0.2, 0.25) is 0 Å². The van der Waals surface area contributed by atoms with Crippen LogP contribution in [0.15, 0.2) is 15.9 Å². The Morgan fingerprint density at radius 2 is 1.93 bits per heavy atom. The highest BCUT2D eigenvalue weighted by Gasteiger charge is 2.21. The summed E-state index contributed by atoms with van der Waals surface area (Å²) in [5.41, 5.74) is 6.34. The fraction of sp³-hybridized carbons (Fsp3) is 0.667. The van der Waals surface area contributed by atoms with E-state index >= 15 is 0 Å². The summed E-state index contributed by atoms with van der Waals surface area (Å²) in [6, 6.07) is 2.44. The topological polar surface area (TPSA) is 26.0 Å². The largest absolute Gasteiger partial charge is 0.323 e. The molecule has 1 saturated carbocycles. The summed E-state index contributed by atoms with van der Waals surface area (Å²) in [5, 5.41) is 2.13. The quantitative estimate of drug-likeness (QED) is 0.798. The number of hydrogen-bond donors (Lipinski definition) is 1. The minimum Gasteiger partial charge on any atom is -0.323 e. The van der Waals surface area contributed by atoms with E-state index in [9.17, 15) is 0 Å². The smallest absolute Gasteiger partial charge is 0.0418 e. The maximum absolute atomic E-state index is 6.34. The van der Waals surface area contributed by atoms with Crippen molar-refractivity contribution >= 4 is 27.3 Å².